The Morgan fingerprint density at radius 2 is 1.88 bits per heavy atom. The molecule has 2 aliphatic heterocycles. The number of carboxylic acids is 1. The number of piperazine rings is 1. The minimum absolute atomic E-state index is 0.0868. The number of amides is 2. The molecule has 170 valence electrons. The lowest BCUT2D eigenvalue weighted by Crippen LogP contribution is -2.53. The molecule has 0 radical (unpaired) electrons. The smallest absolute Gasteiger partial charge is 0.325 e. The Morgan fingerprint density at radius 3 is 2.62 bits per heavy atom. The van der Waals surface area contributed by atoms with Crippen LogP contribution in [0.15, 0.2) is 42.5 Å². The molecule has 3 heterocycles. The van der Waals surface area contributed by atoms with E-state index in [2.05, 4.69) is 22.8 Å². The van der Waals surface area contributed by atoms with Gasteiger partial charge in [-0.15, -0.1) is 0 Å². The number of nitrogens with one attached hydrogen (secondary N) is 2. The number of aryl methyl sites for hydroxylation is 2. The summed E-state index contributed by atoms with van der Waals surface area (Å²) in [4.78, 5) is 32.8. The van der Waals surface area contributed by atoms with Crippen molar-refractivity contribution in [1.82, 2.24) is 20.1 Å². The zero-order valence-corrected chi connectivity index (χ0v) is 18.3. The van der Waals surface area contributed by atoms with E-state index in [1.54, 1.807) is 4.90 Å². The van der Waals surface area contributed by atoms with Crippen LogP contribution in [0.25, 0.3) is 0 Å². The highest BCUT2D eigenvalue weighted by molar-refractivity contribution is 5.76. The Kier molecular flexibility index (Phi) is 7.21. The molecule has 1 aromatic carbocycles. The van der Waals surface area contributed by atoms with Crippen LogP contribution in [0.4, 0.5) is 10.6 Å². The fourth-order valence-electron chi connectivity index (χ4n) is 4.41. The number of hydrogen-bond donors (Lipinski definition) is 3. The molecule has 4 rings (SSSR count). The van der Waals surface area contributed by atoms with Gasteiger partial charge in [0.1, 0.15) is 11.9 Å². The van der Waals surface area contributed by atoms with Crippen LogP contribution in [-0.4, -0.2) is 71.2 Å². The quantitative estimate of drug-likeness (QED) is 0.576. The van der Waals surface area contributed by atoms with Gasteiger partial charge in [-0.3, -0.25) is 9.69 Å². The van der Waals surface area contributed by atoms with Crippen LogP contribution in [0.5, 0.6) is 0 Å². The summed E-state index contributed by atoms with van der Waals surface area (Å²) in [5.41, 5.74) is 3.09. The first-order valence-corrected chi connectivity index (χ1v) is 11.4. The van der Waals surface area contributed by atoms with Gasteiger partial charge in [-0.1, -0.05) is 36.4 Å². The fraction of sp³-hybridized carbons (Fsp3) is 0.458. The van der Waals surface area contributed by atoms with Crippen molar-refractivity contribution in [1.29, 1.82) is 0 Å². The molecule has 1 atom stereocenters. The van der Waals surface area contributed by atoms with E-state index in [1.165, 1.54) is 5.56 Å². The lowest BCUT2D eigenvalue weighted by molar-refractivity contribution is -0.144. The van der Waals surface area contributed by atoms with Gasteiger partial charge in [-0.2, -0.15) is 0 Å². The van der Waals surface area contributed by atoms with Gasteiger partial charge in [0.05, 0.1) is 0 Å². The van der Waals surface area contributed by atoms with Gasteiger partial charge in [0.25, 0.3) is 0 Å². The van der Waals surface area contributed by atoms with E-state index in [0.29, 0.717) is 32.7 Å². The van der Waals surface area contributed by atoms with E-state index in [0.717, 1.165) is 49.3 Å². The van der Waals surface area contributed by atoms with E-state index < -0.39 is 12.0 Å². The van der Waals surface area contributed by atoms with Crippen LogP contribution in [0.1, 0.15) is 35.7 Å². The highest BCUT2D eigenvalue weighted by Crippen LogP contribution is 2.23. The number of benzene rings is 1. The van der Waals surface area contributed by atoms with Gasteiger partial charge in [-0.25, -0.2) is 9.78 Å². The number of urea groups is 1. The largest absolute Gasteiger partial charge is 0.480 e. The number of nitrogens with zero attached hydrogens (tertiary/aromatic N) is 3. The van der Waals surface area contributed by atoms with Crippen LogP contribution in [0.2, 0.25) is 0 Å². The molecule has 3 N–H and O–H groups in total. The third kappa shape index (κ3) is 5.37. The van der Waals surface area contributed by atoms with Crippen molar-refractivity contribution in [3.8, 4) is 0 Å². The molecule has 32 heavy (non-hydrogen) atoms. The predicted molar refractivity (Wildman–Crippen MR) is 123 cm³/mol. The van der Waals surface area contributed by atoms with Gasteiger partial charge in [0.2, 0.25) is 0 Å². The van der Waals surface area contributed by atoms with Gasteiger partial charge < -0.3 is 20.6 Å². The van der Waals surface area contributed by atoms with Crippen molar-refractivity contribution in [3.05, 3.63) is 59.3 Å². The molecule has 8 heteroatoms. The molecule has 2 amide bonds. The number of aliphatic carboxylic acids is 1. The van der Waals surface area contributed by atoms with Gasteiger partial charge in [-0.05, 0) is 42.9 Å². The van der Waals surface area contributed by atoms with Crippen LogP contribution in [0, 0.1) is 0 Å². The summed E-state index contributed by atoms with van der Waals surface area (Å²) in [5, 5.41) is 16.1. The van der Waals surface area contributed by atoms with Gasteiger partial charge in [0.15, 0.2) is 0 Å². The molecule has 8 nitrogen and oxygen atoms in total. The van der Waals surface area contributed by atoms with Crippen LogP contribution in [0.3, 0.4) is 0 Å². The van der Waals surface area contributed by atoms with E-state index in [1.807, 2.05) is 35.2 Å². The minimum Gasteiger partial charge on any atom is -0.480 e. The van der Waals surface area contributed by atoms with Crippen LogP contribution >= 0.6 is 0 Å². The second-order valence-corrected chi connectivity index (χ2v) is 8.35. The van der Waals surface area contributed by atoms with Crippen molar-refractivity contribution in [2.75, 3.05) is 44.6 Å². The van der Waals surface area contributed by atoms with Gasteiger partial charge >= 0.3 is 12.0 Å². The van der Waals surface area contributed by atoms with E-state index >= 15 is 0 Å². The van der Waals surface area contributed by atoms with E-state index in [-0.39, 0.29) is 6.03 Å². The number of rotatable bonds is 7. The summed E-state index contributed by atoms with van der Waals surface area (Å²) in [6.45, 7) is 3.66. The topological polar surface area (TPSA) is 97.8 Å². The van der Waals surface area contributed by atoms with Crippen LogP contribution < -0.4 is 10.6 Å². The van der Waals surface area contributed by atoms with Crippen molar-refractivity contribution in [3.63, 3.8) is 0 Å². The second-order valence-electron chi connectivity index (χ2n) is 8.35. The first-order chi connectivity index (χ1) is 15.6. The number of aromatic nitrogens is 1. The highest BCUT2D eigenvalue weighted by Gasteiger charge is 2.31. The number of pyridine rings is 1. The Balaban J connectivity index is 1.20. The average molecular weight is 438 g/mol. The lowest BCUT2D eigenvalue weighted by atomic mass is 10.0. The molecular formula is C24H31N5O3. The third-order valence-electron chi connectivity index (χ3n) is 6.15. The number of carboxylic acid groups (broad SMARTS) is 1. The summed E-state index contributed by atoms with van der Waals surface area (Å²) in [6, 6.07) is 12.7. The minimum atomic E-state index is -0.861. The molecule has 1 fully saturated rings. The summed E-state index contributed by atoms with van der Waals surface area (Å²) >= 11 is 0. The summed E-state index contributed by atoms with van der Waals surface area (Å²) < 4.78 is 0. The molecule has 1 aromatic heterocycles. The number of fused-ring (bicyclic) bond motifs is 1. The molecule has 0 aliphatic carbocycles. The fourth-order valence-corrected chi connectivity index (χ4v) is 4.41. The van der Waals surface area contributed by atoms with Crippen molar-refractivity contribution in [2.45, 2.75) is 31.7 Å². The highest BCUT2D eigenvalue weighted by atomic mass is 16.4. The average Bonchev–Trinajstić information content (AvgIpc) is 2.82. The Morgan fingerprint density at radius 1 is 1.09 bits per heavy atom. The summed E-state index contributed by atoms with van der Waals surface area (Å²) in [5.74, 6) is 0.144. The monoisotopic (exact) mass is 437 g/mol. The zero-order chi connectivity index (χ0) is 22.3. The zero-order valence-electron chi connectivity index (χ0n) is 18.3. The predicted octanol–water partition coefficient (Wildman–Crippen LogP) is 2.53. The maximum Gasteiger partial charge on any atom is 0.325 e. The first-order valence-electron chi connectivity index (χ1n) is 11.4. The van der Waals surface area contributed by atoms with Crippen molar-refractivity contribution >= 4 is 17.8 Å². The molecule has 2 aromatic rings. The van der Waals surface area contributed by atoms with E-state index in [9.17, 15) is 14.7 Å². The summed E-state index contributed by atoms with van der Waals surface area (Å²) in [7, 11) is 0. The molecule has 0 unspecified atom stereocenters. The SMILES string of the molecule is O=C(O)[C@@H](c1ccccc1)N1CCN(C(=O)NCCCc2ccc3c(n2)NCCC3)CC1. The maximum absolute atomic E-state index is 12.5. The molecule has 0 saturated carbocycles. The maximum atomic E-state index is 12.5. The number of carbonyl (C=O) groups is 2. The standard InChI is InChI=1S/C24H31N5O3/c30-23(31)21(18-6-2-1-3-7-18)28-14-16-29(17-15-28)24(32)26-13-5-9-20-11-10-19-8-4-12-25-22(19)27-20/h1-3,6-7,10-11,21H,4-5,8-9,12-17H2,(H,25,27)(H,26,32)(H,30,31)/t21-/m1/s1. The van der Waals surface area contributed by atoms with Crippen LogP contribution in [-0.2, 0) is 17.6 Å². The van der Waals surface area contributed by atoms with E-state index in [4.69, 9.17) is 4.98 Å². The third-order valence-corrected chi connectivity index (χ3v) is 6.15. The molecular weight excluding hydrogens is 406 g/mol. The number of hydrogen-bond acceptors (Lipinski definition) is 5. The molecule has 2 aliphatic rings. The Bertz CT molecular complexity index is 928. The second kappa shape index (κ2) is 10.5. The summed E-state index contributed by atoms with van der Waals surface area (Å²) in [6.07, 6.45) is 3.88. The Hall–Kier alpha value is -3.13. The van der Waals surface area contributed by atoms with Crippen molar-refractivity contribution < 1.29 is 14.7 Å². The number of carbonyl (C=O) groups excluding carboxylic acids is 1. The lowest BCUT2D eigenvalue weighted by Gasteiger charge is -2.37. The van der Waals surface area contributed by atoms with Crippen molar-refractivity contribution in [2.24, 2.45) is 0 Å². The first kappa shape index (κ1) is 22.1. The molecule has 0 spiro atoms. The normalized spacial score (nSPS) is 17.2. The number of anilines is 1. The Labute approximate surface area is 188 Å². The molecule has 0 bridgehead atoms. The molecule has 1 saturated heterocycles. The van der Waals surface area contributed by atoms with Gasteiger partial charge in [0, 0.05) is 45.0 Å².